The molecule has 17 heavy (non-hydrogen) atoms. The molecule has 0 heterocycles. The lowest BCUT2D eigenvalue weighted by Crippen LogP contribution is -2.44. The normalized spacial score (nSPS) is 12.8. The van der Waals surface area contributed by atoms with E-state index in [1.54, 1.807) is 0 Å². The van der Waals surface area contributed by atoms with Gasteiger partial charge < -0.3 is 20.5 Å². The van der Waals surface area contributed by atoms with Crippen molar-refractivity contribution in [3.8, 4) is 0 Å². The highest BCUT2D eigenvalue weighted by Gasteiger charge is 2.15. The Labute approximate surface area is 104 Å². The van der Waals surface area contributed by atoms with Gasteiger partial charge in [0.15, 0.2) is 6.29 Å². The Morgan fingerprint density at radius 2 is 1.82 bits per heavy atom. The second-order valence-electron chi connectivity index (χ2n) is 3.83. The summed E-state index contributed by atoms with van der Waals surface area (Å²) in [5.41, 5.74) is 5.74. The number of ether oxygens (including phenoxy) is 2. The van der Waals surface area contributed by atoms with Crippen LogP contribution in [0.4, 0.5) is 0 Å². The van der Waals surface area contributed by atoms with Gasteiger partial charge in [0.1, 0.15) is 0 Å². The van der Waals surface area contributed by atoms with Crippen LogP contribution in [0.1, 0.15) is 40.0 Å². The summed E-state index contributed by atoms with van der Waals surface area (Å²) in [4.78, 5) is 11.6. The molecule has 0 aromatic carbocycles. The van der Waals surface area contributed by atoms with Gasteiger partial charge in [0.25, 0.3) is 0 Å². The van der Waals surface area contributed by atoms with Gasteiger partial charge in [-0.15, -0.1) is 0 Å². The van der Waals surface area contributed by atoms with Crippen LogP contribution < -0.4 is 11.1 Å². The van der Waals surface area contributed by atoms with Crippen molar-refractivity contribution >= 4 is 5.91 Å². The van der Waals surface area contributed by atoms with E-state index in [4.69, 9.17) is 15.2 Å². The van der Waals surface area contributed by atoms with E-state index < -0.39 is 6.04 Å². The molecule has 0 bridgehead atoms. The van der Waals surface area contributed by atoms with Gasteiger partial charge in [0, 0.05) is 13.2 Å². The highest BCUT2D eigenvalue weighted by molar-refractivity contribution is 5.81. The Balaban J connectivity index is 3.85. The standard InChI is InChI=1S/C12H26N2O3/c1-4-7-8-10(13)12(15)14-9-11(16-5-2)17-6-3/h10-11H,4-9,13H2,1-3H3,(H,14,15)/t10-/m0/s1. The van der Waals surface area contributed by atoms with Crippen LogP contribution in [-0.2, 0) is 14.3 Å². The van der Waals surface area contributed by atoms with Gasteiger partial charge in [-0.2, -0.15) is 0 Å². The highest BCUT2D eigenvalue weighted by Crippen LogP contribution is 1.99. The number of nitrogens with one attached hydrogen (secondary N) is 1. The number of hydrogen-bond acceptors (Lipinski definition) is 4. The van der Waals surface area contributed by atoms with E-state index in [1.165, 1.54) is 0 Å². The largest absolute Gasteiger partial charge is 0.351 e. The fourth-order valence-electron chi connectivity index (χ4n) is 1.41. The maximum atomic E-state index is 11.6. The zero-order valence-electron chi connectivity index (χ0n) is 11.2. The van der Waals surface area contributed by atoms with E-state index in [9.17, 15) is 4.79 Å². The maximum Gasteiger partial charge on any atom is 0.237 e. The minimum absolute atomic E-state index is 0.136. The van der Waals surface area contributed by atoms with E-state index in [-0.39, 0.29) is 12.2 Å². The average Bonchev–Trinajstić information content (AvgIpc) is 2.33. The summed E-state index contributed by atoms with van der Waals surface area (Å²) in [6, 6.07) is -0.432. The second-order valence-corrected chi connectivity index (χ2v) is 3.83. The first-order valence-electron chi connectivity index (χ1n) is 6.42. The van der Waals surface area contributed by atoms with Crippen LogP contribution >= 0.6 is 0 Å². The van der Waals surface area contributed by atoms with Crippen LogP contribution in [0.2, 0.25) is 0 Å². The van der Waals surface area contributed by atoms with Crippen molar-refractivity contribution in [1.29, 1.82) is 0 Å². The van der Waals surface area contributed by atoms with Crippen molar-refractivity contribution in [2.75, 3.05) is 19.8 Å². The monoisotopic (exact) mass is 246 g/mol. The molecule has 102 valence electrons. The molecule has 0 spiro atoms. The molecule has 0 unspecified atom stereocenters. The lowest BCUT2D eigenvalue weighted by molar-refractivity contribution is -0.141. The summed E-state index contributed by atoms with van der Waals surface area (Å²) in [6.07, 6.45) is 2.35. The highest BCUT2D eigenvalue weighted by atomic mass is 16.7. The molecule has 0 saturated heterocycles. The van der Waals surface area contributed by atoms with E-state index in [2.05, 4.69) is 12.2 Å². The molecule has 3 N–H and O–H groups in total. The first-order valence-corrected chi connectivity index (χ1v) is 6.42. The number of nitrogens with two attached hydrogens (primary N) is 1. The molecule has 0 aliphatic heterocycles. The first kappa shape index (κ1) is 16.4. The summed E-state index contributed by atoms with van der Waals surface area (Å²) < 4.78 is 10.6. The molecule has 0 aliphatic rings. The molecule has 0 rings (SSSR count). The number of amides is 1. The van der Waals surface area contributed by atoms with Crippen LogP contribution in [0.3, 0.4) is 0 Å². The van der Waals surface area contributed by atoms with Crippen molar-refractivity contribution in [3.63, 3.8) is 0 Å². The lowest BCUT2D eigenvalue weighted by atomic mass is 10.1. The number of carbonyl (C=O) groups excluding carboxylic acids is 1. The zero-order chi connectivity index (χ0) is 13.1. The van der Waals surface area contributed by atoms with Crippen molar-refractivity contribution < 1.29 is 14.3 Å². The van der Waals surface area contributed by atoms with E-state index >= 15 is 0 Å². The molecule has 0 saturated carbocycles. The summed E-state index contributed by atoms with van der Waals surface area (Å²) in [5, 5.41) is 2.75. The molecule has 0 aromatic heterocycles. The Morgan fingerprint density at radius 1 is 1.24 bits per heavy atom. The van der Waals surface area contributed by atoms with Gasteiger partial charge in [0.2, 0.25) is 5.91 Å². The molecule has 0 fully saturated rings. The van der Waals surface area contributed by atoms with Gasteiger partial charge in [-0.3, -0.25) is 4.79 Å². The summed E-state index contributed by atoms with van der Waals surface area (Å²) in [7, 11) is 0. The molecule has 0 aromatic rings. The van der Waals surface area contributed by atoms with E-state index in [0.717, 1.165) is 19.3 Å². The van der Waals surface area contributed by atoms with Crippen molar-refractivity contribution in [1.82, 2.24) is 5.32 Å². The Morgan fingerprint density at radius 3 is 2.29 bits per heavy atom. The maximum absolute atomic E-state index is 11.6. The molecule has 1 amide bonds. The SMILES string of the molecule is CCCC[C@H](N)C(=O)NCC(OCC)OCC. The quantitative estimate of drug-likeness (QED) is 0.564. The van der Waals surface area contributed by atoms with Crippen LogP contribution in [0.25, 0.3) is 0 Å². The number of rotatable bonds is 10. The van der Waals surface area contributed by atoms with Crippen LogP contribution in [0.15, 0.2) is 0 Å². The predicted octanol–water partition coefficient (Wildman–Crippen LogP) is 1.02. The Bertz CT molecular complexity index is 194. The lowest BCUT2D eigenvalue weighted by Gasteiger charge is -2.18. The van der Waals surface area contributed by atoms with Crippen LogP contribution in [-0.4, -0.2) is 38.0 Å². The minimum atomic E-state index is -0.432. The van der Waals surface area contributed by atoms with Crippen molar-refractivity contribution in [3.05, 3.63) is 0 Å². The molecular weight excluding hydrogens is 220 g/mol. The fourth-order valence-corrected chi connectivity index (χ4v) is 1.41. The molecule has 5 nitrogen and oxygen atoms in total. The van der Waals surface area contributed by atoms with Crippen molar-refractivity contribution in [2.24, 2.45) is 5.73 Å². The minimum Gasteiger partial charge on any atom is -0.351 e. The smallest absolute Gasteiger partial charge is 0.237 e. The number of hydrogen-bond donors (Lipinski definition) is 2. The Kier molecular flexibility index (Phi) is 10.1. The summed E-state index contributed by atoms with van der Waals surface area (Å²) >= 11 is 0. The topological polar surface area (TPSA) is 73.6 Å². The zero-order valence-corrected chi connectivity index (χ0v) is 11.2. The third kappa shape index (κ3) is 8.12. The van der Waals surface area contributed by atoms with Gasteiger partial charge in [-0.05, 0) is 20.3 Å². The average molecular weight is 246 g/mol. The van der Waals surface area contributed by atoms with Gasteiger partial charge in [-0.25, -0.2) is 0 Å². The molecule has 5 heteroatoms. The summed E-state index contributed by atoms with van der Waals surface area (Å²) in [6.45, 7) is 7.32. The van der Waals surface area contributed by atoms with E-state index in [0.29, 0.717) is 19.8 Å². The van der Waals surface area contributed by atoms with Crippen LogP contribution in [0, 0.1) is 0 Å². The van der Waals surface area contributed by atoms with Gasteiger partial charge >= 0.3 is 0 Å². The Hall–Kier alpha value is -0.650. The van der Waals surface area contributed by atoms with Crippen molar-refractivity contribution in [2.45, 2.75) is 52.4 Å². The second kappa shape index (κ2) is 10.5. The number of carbonyl (C=O) groups is 1. The predicted molar refractivity (Wildman–Crippen MR) is 67.6 cm³/mol. The van der Waals surface area contributed by atoms with Gasteiger partial charge in [-0.1, -0.05) is 19.8 Å². The van der Waals surface area contributed by atoms with Crippen LogP contribution in [0.5, 0.6) is 0 Å². The first-order chi connectivity index (χ1) is 8.15. The molecule has 0 aliphatic carbocycles. The van der Waals surface area contributed by atoms with Gasteiger partial charge in [0.05, 0.1) is 12.6 Å². The fraction of sp³-hybridized carbons (Fsp3) is 0.917. The third-order valence-corrected chi connectivity index (χ3v) is 2.35. The molecule has 0 radical (unpaired) electrons. The van der Waals surface area contributed by atoms with E-state index in [1.807, 2.05) is 13.8 Å². The molecular formula is C12H26N2O3. The summed E-state index contributed by atoms with van der Waals surface area (Å²) in [5.74, 6) is -0.136. The number of unbranched alkanes of at least 4 members (excludes halogenated alkanes) is 1. The molecule has 1 atom stereocenters. The third-order valence-electron chi connectivity index (χ3n) is 2.35.